The van der Waals surface area contributed by atoms with Crippen LogP contribution in [0.25, 0.3) is 0 Å². The van der Waals surface area contributed by atoms with Gasteiger partial charge in [-0.3, -0.25) is 19.2 Å². The largest absolute Gasteiger partial charge is 0.469 e. The lowest BCUT2D eigenvalue weighted by molar-refractivity contribution is -0.183. The molecule has 0 aromatic heterocycles. The molecule has 0 aliphatic heterocycles. The van der Waals surface area contributed by atoms with E-state index in [-0.39, 0.29) is 57.1 Å². The zero-order valence-electron chi connectivity index (χ0n) is 18.2. The van der Waals surface area contributed by atoms with E-state index < -0.39 is 29.7 Å². The van der Waals surface area contributed by atoms with Gasteiger partial charge in [0.25, 0.3) is 0 Å². The van der Waals surface area contributed by atoms with Gasteiger partial charge in [0.05, 0.1) is 38.4 Å². The molecule has 2 aliphatic rings. The summed E-state index contributed by atoms with van der Waals surface area (Å²) in [6, 6.07) is 0. The predicted molar refractivity (Wildman–Crippen MR) is 108 cm³/mol. The van der Waals surface area contributed by atoms with Gasteiger partial charge in [-0.25, -0.2) is 0 Å². The quantitative estimate of drug-likeness (QED) is 0.205. The maximum atomic E-state index is 12.6. The van der Waals surface area contributed by atoms with Gasteiger partial charge in [0.2, 0.25) is 0 Å². The molecular weight excluding hydrogens is 408 g/mol. The molecule has 0 aromatic rings. The number of carbonyl (C=O) groups is 4. The van der Waals surface area contributed by atoms with E-state index in [2.05, 4.69) is 12.2 Å². The summed E-state index contributed by atoms with van der Waals surface area (Å²) in [7, 11) is 2.82. The first-order valence-corrected chi connectivity index (χ1v) is 10.7. The fraction of sp³-hybridized carbons (Fsp3) is 0.727. The van der Waals surface area contributed by atoms with Crippen molar-refractivity contribution in [2.24, 2.45) is 23.7 Å². The molecule has 0 N–H and O–H groups in total. The summed E-state index contributed by atoms with van der Waals surface area (Å²) in [4.78, 5) is 48.0. The number of esters is 4. The first-order valence-electron chi connectivity index (χ1n) is 10.7. The van der Waals surface area contributed by atoms with Crippen molar-refractivity contribution >= 4 is 23.9 Å². The van der Waals surface area contributed by atoms with Crippen LogP contribution >= 0.6 is 0 Å². The molecule has 0 heterocycles. The first kappa shape index (κ1) is 24.8. The molecule has 0 radical (unpaired) electrons. The minimum absolute atomic E-state index is 0.0909. The fourth-order valence-electron chi connectivity index (χ4n) is 4.28. The molecule has 4 atom stereocenters. The van der Waals surface area contributed by atoms with E-state index >= 15 is 0 Å². The van der Waals surface area contributed by atoms with Crippen LogP contribution in [0.4, 0.5) is 0 Å². The van der Waals surface area contributed by atoms with Gasteiger partial charge in [-0.1, -0.05) is 12.2 Å². The molecule has 2 aliphatic carbocycles. The number of ether oxygens (including phenoxy) is 5. The highest BCUT2D eigenvalue weighted by Crippen LogP contribution is 2.52. The molecule has 2 rings (SSSR count). The Labute approximate surface area is 182 Å². The lowest BCUT2D eigenvalue weighted by Crippen LogP contribution is -2.55. The molecule has 9 heteroatoms. The molecule has 174 valence electrons. The normalized spacial score (nSPS) is 25.6. The number of allylic oxidation sites excluding steroid dienone is 2. The van der Waals surface area contributed by atoms with Gasteiger partial charge < -0.3 is 23.7 Å². The van der Waals surface area contributed by atoms with Gasteiger partial charge in [0.1, 0.15) is 19.8 Å². The van der Waals surface area contributed by atoms with Gasteiger partial charge >= 0.3 is 23.9 Å². The highest BCUT2D eigenvalue weighted by atomic mass is 16.6. The van der Waals surface area contributed by atoms with E-state index in [9.17, 15) is 19.2 Å². The lowest BCUT2D eigenvalue weighted by atomic mass is 9.53. The molecule has 0 saturated heterocycles. The second kappa shape index (κ2) is 13.1. The van der Waals surface area contributed by atoms with Gasteiger partial charge in [0, 0.05) is 7.11 Å². The summed E-state index contributed by atoms with van der Waals surface area (Å²) in [5.41, 5.74) is 0. The third-order valence-electron chi connectivity index (χ3n) is 5.78. The van der Waals surface area contributed by atoms with Gasteiger partial charge in [-0.05, 0) is 37.5 Å². The van der Waals surface area contributed by atoms with E-state index in [1.807, 2.05) is 0 Å². The van der Waals surface area contributed by atoms with Crippen molar-refractivity contribution in [3.63, 3.8) is 0 Å². The van der Waals surface area contributed by atoms with Crippen LogP contribution in [0.1, 0.15) is 38.5 Å². The zero-order chi connectivity index (χ0) is 22.6. The van der Waals surface area contributed by atoms with Crippen LogP contribution in [-0.4, -0.2) is 64.5 Å². The van der Waals surface area contributed by atoms with Crippen LogP contribution < -0.4 is 0 Å². The second-order valence-corrected chi connectivity index (χ2v) is 7.63. The monoisotopic (exact) mass is 440 g/mol. The van der Waals surface area contributed by atoms with Gasteiger partial charge in [0.15, 0.2) is 0 Å². The molecule has 0 spiro atoms. The number of rotatable bonds is 11. The summed E-state index contributed by atoms with van der Waals surface area (Å²) in [6.45, 7) is 0.199. The van der Waals surface area contributed by atoms with Crippen LogP contribution in [0, 0.1) is 23.7 Å². The summed E-state index contributed by atoms with van der Waals surface area (Å²) in [6.07, 6.45) is 7.42. The van der Waals surface area contributed by atoms with E-state index in [1.165, 1.54) is 14.2 Å². The Bertz CT molecular complexity index is 657. The number of hydrogen-bond donors (Lipinski definition) is 0. The highest BCUT2D eigenvalue weighted by Gasteiger charge is 2.57. The average molecular weight is 440 g/mol. The predicted octanol–water partition coefficient (Wildman–Crippen LogP) is 1.82. The van der Waals surface area contributed by atoms with Crippen LogP contribution in [0.5, 0.6) is 0 Å². The van der Waals surface area contributed by atoms with Crippen molar-refractivity contribution in [3.05, 3.63) is 12.2 Å². The third-order valence-corrected chi connectivity index (χ3v) is 5.78. The van der Waals surface area contributed by atoms with Crippen LogP contribution in [0.15, 0.2) is 12.2 Å². The molecule has 31 heavy (non-hydrogen) atoms. The fourth-order valence-corrected chi connectivity index (χ4v) is 4.28. The van der Waals surface area contributed by atoms with Crippen molar-refractivity contribution in [3.8, 4) is 0 Å². The van der Waals surface area contributed by atoms with E-state index in [4.69, 9.17) is 23.7 Å². The zero-order valence-corrected chi connectivity index (χ0v) is 18.2. The van der Waals surface area contributed by atoms with E-state index in [0.717, 1.165) is 25.7 Å². The molecule has 9 nitrogen and oxygen atoms in total. The molecule has 0 bridgehead atoms. The van der Waals surface area contributed by atoms with Gasteiger partial charge in [-0.2, -0.15) is 0 Å². The van der Waals surface area contributed by atoms with Crippen molar-refractivity contribution < 1.29 is 42.9 Å². The van der Waals surface area contributed by atoms with Crippen molar-refractivity contribution in [2.45, 2.75) is 38.5 Å². The molecule has 0 amide bonds. The first-order chi connectivity index (χ1) is 15.0. The number of fused-ring (bicyclic) bond motifs is 1. The van der Waals surface area contributed by atoms with Crippen LogP contribution in [0.3, 0.4) is 0 Å². The Kier molecular flexibility index (Phi) is 10.5. The topological polar surface area (TPSA) is 114 Å². The Morgan fingerprint density at radius 1 is 0.710 bits per heavy atom. The highest BCUT2D eigenvalue weighted by molar-refractivity contribution is 5.85. The molecule has 1 fully saturated rings. The summed E-state index contributed by atoms with van der Waals surface area (Å²) >= 11 is 0. The smallest absolute Gasteiger partial charge is 0.310 e. The van der Waals surface area contributed by atoms with Gasteiger partial charge in [-0.15, -0.1) is 0 Å². The molecular formula is C22H32O9. The Hall–Kier alpha value is -2.42. The summed E-state index contributed by atoms with van der Waals surface area (Å²) in [5.74, 6) is -2.73. The molecule has 0 unspecified atom stereocenters. The summed E-state index contributed by atoms with van der Waals surface area (Å²) < 4.78 is 24.8. The van der Waals surface area contributed by atoms with Crippen molar-refractivity contribution in [1.29, 1.82) is 0 Å². The second-order valence-electron chi connectivity index (χ2n) is 7.63. The number of methoxy groups -OCH3 is 2. The van der Waals surface area contributed by atoms with Crippen LogP contribution in [-0.2, 0) is 42.9 Å². The maximum Gasteiger partial charge on any atom is 0.310 e. The van der Waals surface area contributed by atoms with E-state index in [0.29, 0.717) is 0 Å². The van der Waals surface area contributed by atoms with Crippen molar-refractivity contribution in [2.75, 3.05) is 40.6 Å². The Morgan fingerprint density at radius 2 is 1.19 bits per heavy atom. The maximum absolute atomic E-state index is 12.6. The third kappa shape index (κ3) is 7.34. The minimum atomic E-state index is -0.581. The van der Waals surface area contributed by atoms with Crippen molar-refractivity contribution in [1.82, 2.24) is 0 Å². The minimum Gasteiger partial charge on any atom is -0.469 e. The standard InChI is InChI=1S/C22H32O9/c1-27-11-12-29-17(23)9-10-18(24)30-13-14-31-22(26)20-16-8-6-4-3-5-7-15(16)19(20)21(25)28-2/h3-4,15-16,19-20H,5-14H2,1-2H3/b4-3+/t15-,16-,19-,20+/m0/s1. The number of carbonyl (C=O) groups excluding carboxylic acids is 4. The summed E-state index contributed by atoms with van der Waals surface area (Å²) in [5, 5.41) is 0. The SMILES string of the molecule is COCCOC(=O)CCC(=O)OCCOC(=O)[C@@H]1[C@H]2CC/C=C/CC[C@@H]2[C@@H]1C(=O)OC. The number of hydrogen-bond acceptors (Lipinski definition) is 9. The lowest BCUT2D eigenvalue weighted by Gasteiger charge is -2.49. The molecule has 0 aromatic carbocycles. The molecule has 1 saturated carbocycles. The Balaban J connectivity index is 1.72. The average Bonchev–Trinajstić information content (AvgIpc) is 2.74. The Morgan fingerprint density at radius 3 is 1.71 bits per heavy atom. The van der Waals surface area contributed by atoms with Crippen LogP contribution in [0.2, 0.25) is 0 Å². The van der Waals surface area contributed by atoms with E-state index in [1.54, 1.807) is 0 Å².